The lowest BCUT2D eigenvalue weighted by Crippen LogP contribution is -2.49. The van der Waals surface area contributed by atoms with E-state index in [9.17, 15) is 18.6 Å². The average Bonchev–Trinajstić information content (AvgIpc) is 3.45. The number of benzene rings is 2. The second-order valence-corrected chi connectivity index (χ2v) is 17.6. The zero-order valence-corrected chi connectivity index (χ0v) is 33.2. The molecule has 14 heteroatoms. The molecule has 1 aromatic heterocycles. The molecular weight excluding hydrogens is 723 g/mol. The van der Waals surface area contributed by atoms with E-state index in [1.54, 1.807) is 45.4 Å². The van der Waals surface area contributed by atoms with Crippen LogP contribution in [0.1, 0.15) is 76.9 Å². The number of aromatic nitrogens is 2. The predicted molar refractivity (Wildman–Crippen MR) is 208 cm³/mol. The first-order chi connectivity index (χ1) is 26.3. The highest BCUT2D eigenvalue weighted by Gasteiger charge is 2.44. The highest BCUT2D eigenvalue weighted by Crippen LogP contribution is 2.47. The van der Waals surface area contributed by atoms with Crippen molar-refractivity contribution in [3.8, 4) is 11.6 Å². The maximum atomic E-state index is 14.9. The van der Waals surface area contributed by atoms with Gasteiger partial charge < -0.3 is 23.8 Å². The maximum Gasteiger partial charge on any atom is 0.303 e. The second kappa shape index (κ2) is 15.4. The molecule has 55 heavy (non-hydrogen) atoms. The first-order valence-corrected chi connectivity index (χ1v) is 20.7. The maximum absolute atomic E-state index is 14.9. The summed E-state index contributed by atoms with van der Waals surface area (Å²) < 4.78 is 46.8. The van der Waals surface area contributed by atoms with Crippen molar-refractivity contribution in [2.75, 3.05) is 44.6 Å². The van der Waals surface area contributed by atoms with Crippen LogP contribution < -0.4 is 19.1 Å². The summed E-state index contributed by atoms with van der Waals surface area (Å²) >= 11 is 0. The van der Waals surface area contributed by atoms with Gasteiger partial charge in [-0.2, -0.15) is 0 Å². The first kappa shape index (κ1) is 38.6. The van der Waals surface area contributed by atoms with Crippen molar-refractivity contribution in [2.24, 2.45) is 29.2 Å². The Morgan fingerprint density at radius 3 is 2.62 bits per heavy atom. The molecule has 13 nitrogen and oxygen atoms in total. The summed E-state index contributed by atoms with van der Waals surface area (Å²) in [5.41, 5.74) is 4.64. The highest BCUT2D eigenvalue weighted by molar-refractivity contribution is 7.92. The van der Waals surface area contributed by atoms with Crippen LogP contribution in [0.2, 0.25) is 0 Å². The molecule has 2 aromatic carbocycles. The summed E-state index contributed by atoms with van der Waals surface area (Å²) in [4.78, 5) is 42.6. The van der Waals surface area contributed by atoms with E-state index in [-0.39, 0.29) is 46.1 Å². The van der Waals surface area contributed by atoms with Crippen LogP contribution in [-0.2, 0) is 43.1 Å². The second-order valence-electron chi connectivity index (χ2n) is 15.6. The molecule has 2 aliphatic carbocycles. The van der Waals surface area contributed by atoms with E-state index in [1.807, 2.05) is 6.08 Å². The molecule has 1 fully saturated rings. The van der Waals surface area contributed by atoms with Crippen molar-refractivity contribution in [3.63, 3.8) is 0 Å². The molecule has 1 unspecified atom stereocenters. The number of anilines is 1. The van der Waals surface area contributed by atoms with Gasteiger partial charge in [-0.3, -0.25) is 23.8 Å². The molecule has 7 atom stereocenters. The molecule has 2 aliphatic heterocycles. The number of carbonyl (C=O) groups is 3. The quantitative estimate of drug-likeness (QED) is 0.266. The van der Waals surface area contributed by atoms with Gasteiger partial charge in [0.15, 0.2) is 0 Å². The molecule has 4 aliphatic rings. The normalized spacial score (nSPS) is 29.7. The number of methoxy groups -OCH3 is 2. The first-order valence-electron chi connectivity index (χ1n) is 19.0. The molecule has 3 aromatic rings. The zero-order chi connectivity index (χ0) is 39.1. The zero-order valence-electron chi connectivity index (χ0n) is 32.4. The summed E-state index contributed by atoms with van der Waals surface area (Å²) in [6, 6.07) is 11.9. The number of amides is 2. The van der Waals surface area contributed by atoms with Gasteiger partial charge in [-0.25, -0.2) is 4.21 Å². The van der Waals surface area contributed by atoms with E-state index in [0.29, 0.717) is 25.4 Å². The van der Waals surface area contributed by atoms with E-state index in [1.165, 1.54) is 41.6 Å². The van der Waals surface area contributed by atoms with Gasteiger partial charge >= 0.3 is 5.97 Å². The predicted octanol–water partition coefficient (Wildman–Crippen LogP) is 5.34. The number of ether oxygens (including phenoxy) is 4. The Balaban J connectivity index is 1.34. The Morgan fingerprint density at radius 1 is 1.09 bits per heavy atom. The van der Waals surface area contributed by atoms with Crippen molar-refractivity contribution < 1.29 is 37.5 Å². The number of carbonyl (C=O) groups excluding carboxylic acids is 3. The summed E-state index contributed by atoms with van der Waals surface area (Å²) in [5.74, 6) is -1.86. The lowest BCUT2D eigenvalue weighted by molar-refractivity contribution is -0.145. The fourth-order valence-electron chi connectivity index (χ4n) is 8.81. The van der Waals surface area contributed by atoms with Crippen LogP contribution in [0, 0.1) is 24.7 Å². The van der Waals surface area contributed by atoms with Crippen molar-refractivity contribution in [1.29, 1.82) is 0 Å². The molecule has 7 rings (SSSR count). The molecule has 294 valence electrons. The van der Waals surface area contributed by atoms with Gasteiger partial charge in [0.25, 0.3) is 11.8 Å². The highest BCUT2D eigenvalue weighted by atomic mass is 32.2. The number of hydrogen-bond acceptors (Lipinski definition) is 10. The summed E-state index contributed by atoms with van der Waals surface area (Å²) in [5, 5.41) is 4.14. The number of esters is 1. The van der Waals surface area contributed by atoms with Crippen molar-refractivity contribution in [2.45, 2.75) is 70.5 Å². The molecule has 2 amide bonds. The van der Waals surface area contributed by atoms with Crippen LogP contribution >= 0.6 is 0 Å². The molecule has 0 radical (unpaired) electrons. The monoisotopic (exact) mass is 773 g/mol. The average molecular weight is 774 g/mol. The van der Waals surface area contributed by atoms with Gasteiger partial charge in [-0.05, 0) is 86.3 Å². The van der Waals surface area contributed by atoms with E-state index in [4.69, 9.17) is 18.9 Å². The molecule has 3 heterocycles. The smallest absolute Gasteiger partial charge is 0.303 e. The third-order valence-corrected chi connectivity index (χ3v) is 13.6. The van der Waals surface area contributed by atoms with Gasteiger partial charge in [0.05, 0.1) is 31.3 Å². The third kappa shape index (κ3) is 7.88. The fraction of sp³-hybridized carbons (Fsp3) is 0.512. The Labute approximate surface area is 323 Å². The van der Waals surface area contributed by atoms with E-state index >= 15 is 0 Å². The van der Waals surface area contributed by atoms with Gasteiger partial charge in [-0.1, -0.05) is 36.8 Å². The van der Waals surface area contributed by atoms with E-state index in [2.05, 4.69) is 44.2 Å². The summed E-state index contributed by atoms with van der Waals surface area (Å²) in [6.45, 7) is 7.06. The van der Waals surface area contributed by atoms with Crippen LogP contribution in [0.3, 0.4) is 0 Å². The standard InChI is InChI=1S/C41H51N5O8S/c1-25-9-13-33-28(18-25)8-7-17-41(33)23-46-20-30-10-12-31(30)36(51-5)16-15-35(54-27(3)47)26(2)22-55(50,44-39(49)32-21-45(4)42-40(32)52-6)43-38(48)29-11-14-37(53-24-41)34(46)19-29/h9,11,13-16,18-19,21,26,30-31,35-36H,7-8,10,12,17,20,22-24H2,1-6H3,(H,43,44,48,49,50)/b16-15+/t26-,30+,31-,35+,36+,41+,55?/m1/s1. The Morgan fingerprint density at radius 2 is 1.89 bits per heavy atom. The SMILES string of the molecule is COc1nn(C)cc1C(=O)NS1(=O)=NC(=O)c2ccc3c(c2)N(C[C@@H]2CC[C@H]2[C@@H](OC)/C=C/[C@H](OC(C)=O)[C@H](C)C1)C[C@@]1(CCCc2cc(C)ccc21)CO3. The van der Waals surface area contributed by atoms with Crippen molar-refractivity contribution in [1.82, 2.24) is 14.5 Å². The Hall–Kier alpha value is -4.69. The van der Waals surface area contributed by atoms with Gasteiger partial charge in [0.2, 0.25) is 5.88 Å². The van der Waals surface area contributed by atoms with Crippen molar-refractivity contribution in [3.05, 3.63) is 82.6 Å². The lowest BCUT2D eigenvalue weighted by atomic mass is 9.68. The molecular formula is C41H51N5O8S. The summed E-state index contributed by atoms with van der Waals surface area (Å²) in [6.07, 6.45) is 9.01. The number of aryl methyl sites for hydroxylation is 3. The van der Waals surface area contributed by atoms with Gasteiger partial charge in [-0.15, -0.1) is 9.46 Å². The van der Waals surface area contributed by atoms with Crippen molar-refractivity contribution >= 4 is 33.4 Å². The molecule has 2 bridgehead atoms. The number of rotatable bonds is 5. The van der Waals surface area contributed by atoms with Gasteiger partial charge in [0, 0.05) is 57.3 Å². The molecule has 1 spiro atoms. The number of fused-ring (bicyclic) bond motifs is 4. The lowest BCUT2D eigenvalue weighted by Gasteiger charge is -2.46. The number of nitrogens with one attached hydrogen (secondary N) is 1. The fourth-order valence-corrected chi connectivity index (χ4v) is 10.7. The number of nitrogens with zero attached hydrogens (tertiary/aromatic N) is 4. The van der Waals surface area contributed by atoms with E-state index < -0.39 is 39.7 Å². The molecule has 1 N–H and O–H groups in total. The van der Waals surface area contributed by atoms with E-state index in [0.717, 1.165) is 37.8 Å². The number of hydrogen-bond donors (Lipinski definition) is 1. The minimum absolute atomic E-state index is 0.0237. The Kier molecular flexibility index (Phi) is 10.8. The van der Waals surface area contributed by atoms with Crippen LogP contribution in [0.15, 0.2) is 59.1 Å². The molecule has 1 saturated carbocycles. The minimum Gasteiger partial charge on any atom is -0.490 e. The van der Waals surface area contributed by atoms with Crippen LogP contribution in [0.4, 0.5) is 5.69 Å². The Bertz CT molecular complexity index is 2140. The molecule has 0 saturated heterocycles. The third-order valence-electron chi connectivity index (χ3n) is 11.7. The largest absolute Gasteiger partial charge is 0.490 e. The van der Waals surface area contributed by atoms with Crippen LogP contribution in [0.5, 0.6) is 11.6 Å². The summed E-state index contributed by atoms with van der Waals surface area (Å²) in [7, 11) is 0.837. The van der Waals surface area contributed by atoms with Crippen LogP contribution in [0.25, 0.3) is 0 Å². The van der Waals surface area contributed by atoms with Crippen LogP contribution in [-0.4, -0.2) is 83.6 Å². The topological polar surface area (TPSA) is 151 Å². The minimum atomic E-state index is -3.84. The van der Waals surface area contributed by atoms with Gasteiger partial charge in [0.1, 0.15) is 27.3 Å².